The van der Waals surface area contributed by atoms with Crippen LogP contribution in [0.5, 0.6) is 0 Å². The van der Waals surface area contributed by atoms with Gasteiger partial charge in [0.2, 0.25) is 0 Å². The molecule has 2 aliphatic heterocycles. The lowest BCUT2D eigenvalue weighted by Gasteiger charge is -2.37. The highest BCUT2D eigenvalue weighted by Crippen LogP contribution is 2.33. The lowest BCUT2D eigenvalue weighted by molar-refractivity contribution is -0.181. The third-order valence-corrected chi connectivity index (χ3v) is 4.81. The molecule has 6 heteroatoms. The molecule has 0 atom stereocenters. The third kappa shape index (κ3) is 2.33. The van der Waals surface area contributed by atoms with Crippen LogP contribution in [0.3, 0.4) is 0 Å². The van der Waals surface area contributed by atoms with Gasteiger partial charge in [0.1, 0.15) is 5.82 Å². The van der Waals surface area contributed by atoms with Crippen LogP contribution >= 0.6 is 0 Å². The van der Waals surface area contributed by atoms with Gasteiger partial charge < -0.3 is 19.4 Å². The summed E-state index contributed by atoms with van der Waals surface area (Å²) in [7, 11) is 0. The number of nitrogens with zero attached hydrogens (tertiary/aromatic N) is 1. The number of likely N-dealkylation sites (tertiary alicyclic amines) is 1. The number of fused-ring (bicyclic) bond motifs is 1. The van der Waals surface area contributed by atoms with E-state index in [4.69, 9.17) is 9.47 Å². The van der Waals surface area contributed by atoms with Gasteiger partial charge in [-0.25, -0.2) is 4.39 Å². The van der Waals surface area contributed by atoms with Gasteiger partial charge in [0.05, 0.1) is 24.3 Å². The number of aryl methyl sites for hydroxylation is 1. The molecule has 1 aromatic carbocycles. The van der Waals surface area contributed by atoms with Crippen molar-refractivity contribution >= 4 is 16.8 Å². The van der Waals surface area contributed by atoms with E-state index in [0.717, 1.165) is 0 Å². The standard InChI is InChI=1S/C17H19FN2O3/c1-11-14(12-3-2-4-13(18)15(12)19-11)16(21)20-7-5-17(6-8-20)22-9-10-23-17/h2-4,19H,5-10H2,1H3. The Morgan fingerprint density at radius 2 is 1.96 bits per heavy atom. The molecule has 4 rings (SSSR count). The summed E-state index contributed by atoms with van der Waals surface area (Å²) < 4.78 is 25.3. The number of rotatable bonds is 1. The first-order chi connectivity index (χ1) is 11.1. The monoisotopic (exact) mass is 318 g/mol. The van der Waals surface area contributed by atoms with Gasteiger partial charge in [0.25, 0.3) is 5.91 Å². The molecule has 0 saturated carbocycles. The average Bonchev–Trinajstić information content (AvgIpc) is 3.13. The number of piperidine rings is 1. The summed E-state index contributed by atoms with van der Waals surface area (Å²) >= 11 is 0. The Morgan fingerprint density at radius 3 is 2.65 bits per heavy atom. The summed E-state index contributed by atoms with van der Waals surface area (Å²) in [5.74, 6) is -0.903. The van der Waals surface area contributed by atoms with E-state index in [2.05, 4.69) is 4.98 Å². The van der Waals surface area contributed by atoms with Gasteiger partial charge in [-0.15, -0.1) is 0 Å². The number of ether oxygens (including phenoxy) is 2. The van der Waals surface area contributed by atoms with E-state index in [1.54, 1.807) is 24.0 Å². The van der Waals surface area contributed by atoms with Crippen molar-refractivity contribution in [2.75, 3.05) is 26.3 Å². The number of nitrogens with one attached hydrogen (secondary N) is 1. The van der Waals surface area contributed by atoms with Crippen LogP contribution in [-0.2, 0) is 9.47 Å². The predicted octanol–water partition coefficient (Wildman–Crippen LogP) is 2.59. The summed E-state index contributed by atoms with van der Waals surface area (Å²) in [5.41, 5.74) is 1.65. The smallest absolute Gasteiger partial charge is 0.256 e. The minimum Gasteiger partial charge on any atom is -0.356 e. The number of hydrogen-bond acceptors (Lipinski definition) is 3. The second-order valence-corrected chi connectivity index (χ2v) is 6.19. The van der Waals surface area contributed by atoms with E-state index >= 15 is 0 Å². The van der Waals surface area contributed by atoms with Crippen LogP contribution in [0.15, 0.2) is 18.2 Å². The van der Waals surface area contributed by atoms with Crippen LogP contribution in [0.1, 0.15) is 28.9 Å². The Bertz CT molecular complexity index is 755. The van der Waals surface area contributed by atoms with E-state index in [1.165, 1.54) is 6.07 Å². The van der Waals surface area contributed by atoms with E-state index in [0.29, 0.717) is 61.3 Å². The quantitative estimate of drug-likeness (QED) is 0.879. The number of aromatic nitrogens is 1. The Kier molecular flexibility index (Phi) is 3.39. The minimum absolute atomic E-state index is 0.0628. The molecule has 0 radical (unpaired) electrons. The van der Waals surface area contributed by atoms with Crippen LogP contribution < -0.4 is 0 Å². The zero-order chi connectivity index (χ0) is 16.0. The van der Waals surface area contributed by atoms with Crippen molar-refractivity contribution in [2.45, 2.75) is 25.6 Å². The maximum Gasteiger partial charge on any atom is 0.256 e. The van der Waals surface area contributed by atoms with Crippen molar-refractivity contribution in [1.82, 2.24) is 9.88 Å². The van der Waals surface area contributed by atoms with E-state index in [-0.39, 0.29) is 11.7 Å². The van der Waals surface area contributed by atoms with Crippen LogP contribution in [0.2, 0.25) is 0 Å². The number of aromatic amines is 1. The van der Waals surface area contributed by atoms with Gasteiger partial charge >= 0.3 is 0 Å². The number of hydrogen-bond donors (Lipinski definition) is 1. The lowest BCUT2D eigenvalue weighted by atomic mass is 10.0. The largest absolute Gasteiger partial charge is 0.356 e. The predicted molar refractivity (Wildman–Crippen MR) is 82.8 cm³/mol. The Hall–Kier alpha value is -1.92. The minimum atomic E-state index is -0.502. The van der Waals surface area contributed by atoms with Gasteiger partial charge in [-0.2, -0.15) is 0 Å². The van der Waals surface area contributed by atoms with Crippen LogP contribution in [0.4, 0.5) is 4.39 Å². The van der Waals surface area contributed by atoms with E-state index in [1.807, 2.05) is 0 Å². The van der Waals surface area contributed by atoms with Gasteiger partial charge in [0, 0.05) is 37.0 Å². The molecular weight excluding hydrogens is 299 g/mol. The summed E-state index contributed by atoms with van der Waals surface area (Å²) in [6, 6.07) is 4.81. The number of carbonyl (C=O) groups is 1. The molecule has 0 unspecified atom stereocenters. The van der Waals surface area contributed by atoms with Crippen LogP contribution in [0, 0.1) is 12.7 Å². The normalized spacial score (nSPS) is 20.5. The van der Waals surface area contributed by atoms with E-state index < -0.39 is 5.79 Å². The number of para-hydroxylation sites is 1. The van der Waals surface area contributed by atoms with Gasteiger partial charge in [0.15, 0.2) is 5.79 Å². The Labute approximate surface area is 133 Å². The molecule has 3 heterocycles. The van der Waals surface area contributed by atoms with Crippen LogP contribution in [0.25, 0.3) is 10.9 Å². The Balaban J connectivity index is 1.60. The van der Waals surface area contributed by atoms with Crippen molar-refractivity contribution in [3.63, 3.8) is 0 Å². The SMILES string of the molecule is Cc1[nH]c2c(F)cccc2c1C(=O)N1CCC2(CC1)OCCO2. The highest BCUT2D eigenvalue weighted by Gasteiger charge is 2.41. The number of amides is 1. The Morgan fingerprint density at radius 1 is 1.26 bits per heavy atom. The van der Waals surface area contributed by atoms with Crippen molar-refractivity contribution in [2.24, 2.45) is 0 Å². The zero-order valence-corrected chi connectivity index (χ0v) is 13.0. The van der Waals surface area contributed by atoms with Crippen molar-refractivity contribution < 1.29 is 18.7 Å². The summed E-state index contributed by atoms with van der Waals surface area (Å²) in [6.07, 6.45) is 1.35. The van der Waals surface area contributed by atoms with Gasteiger partial charge in [-0.1, -0.05) is 12.1 Å². The molecule has 1 amide bonds. The molecule has 2 aromatic rings. The topological polar surface area (TPSA) is 54.6 Å². The average molecular weight is 318 g/mol. The molecule has 1 spiro atoms. The molecular formula is C17H19FN2O3. The fraction of sp³-hybridized carbons (Fsp3) is 0.471. The molecule has 5 nitrogen and oxygen atoms in total. The summed E-state index contributed by atoms with van der Waals surface area (Å²) in [4.78, 5) is 17.7. The fourth-order valence-electron chi connectivity index (χ4n) is 3.58. The second kappa shape index (κ2) is 5.32. The summed E-state index contributed by atoms with van der Waals surface area (Å²) in [6.45, 7) is 4.21. The van der Waals surface area contributed by atoms with Crippen molar-refractivity contribution in [1.29, 1.82) is 0 Å². The number of halogens is 1. The molecule has 2 saturated heterocycles. The zero-order valence-electron chi connectivity index (χ0n) is 13.0. The molecule has 1 N–H and O–H groups in total. The van der Waals surface area contributed by atoms with Crippen molar-refractivity contribution in [3.05, 3.63) is 35.3 Å². The first-order valence-electron chi connectivity index (χ1n) is 7.94. The maximum absolute atomic E-state index is 13.9. The molecule has 0 aliphatic carbocycles. The molecule has 0 bridgehead atoms. The second-order valence-electron chi connectivity index (χ2n) is 6.19. The number of benzene rings is 1. The molecule has 23 heavy (non-hydrogen) atoms. The van der Waals surface area contributed by atoms with Crippen molar-refractivity contribution in [3.8, 4) is 0 Å². The molecule has 2 aliphatic rings. The van der Waals surface area contributed by atoms with Crippen LogP contribution in [-0.4, -0.2) is 47.9 Å². The van der Waals surface area contributed by atoms with Gasteiger partial charge in [-0.3, -0.25) is 4.79 Å². The fourth-order valence-corrected chi connectivity index (χ4v) is 3.58. The third-order valence-electron chi connectivity index (χ3n) is 4.81. The maximum atomic E-state index is 13.9. The lowest BCUT2D eigenvalue weighted by Crippen LogP contribution is -2.47. The number of carbonyl (C=O) groups excluding carboxylic acids is 1. The highest BCUT2D eigenvalue weighted by molar-refractivity contribution is 6.08. The first-order valence-corrected chi connectivity index (χ1v) is 7.94. The highest BCUT2D eigenvalue weighted by atomic mass is 19.1. The molecule has 1 aromatic heterocycles. The van der Waals surface area contributed by atoms with E-state index in [9.17, 15) is 9.18 Å². The van der Waals surface area contributed by atoms with Gasteiger partial charge in [-0.05, 0) is 13.0 Å². The number of H-pyrrole nitrogens is 1. The molecule has 122 valence electrons. The first kappa shape index (κ1) is 14.7. The molecule has 2 fully saturated rings. The summed E-state index contributed by atoms with van der Waals surface area (Å²) in [5, 5.41) is 0.640.